The highest BCUT2D eigenvalue weighted by molar-refractivity contribution is 7.86. The zero-order valence-electron chi connectivity index (χ0n) is 17.6. The minimum absolute atomic E-state index is 0.863. The molecule has 2 aromatic rings. The zero-order valence-corrected chi connectivity index (χ0v) is 18.4. The van der Waals surface area contributed by atoms with E-state index >= 15 is 0 Å². The Morgan fingerprint density at radius 2 is 2.11 bits per heavy atom. The summed E-state index contributed by atoms with van der Waals surface area (Å²) in [6.07, 6.45) is 9.88. The van der Waals surface area contributed by atoms with Crippen molar-refractivity contribution < 1.29 is 4.21 Å². The second kappa shape index (κ2) is 11.1. The number of aromatic nitrogens is 1. The van der Waals surface area contributed by atoms with Gasteiger partial charge in [0, 0.05) is 47.6 Å². The summed E-state index contributed by atoms with van der Waals surface area (Å²) in [4.78, 5) is 0.863. The number of nitrogens with zero attached hydrogens (tertiary/aromatic N) is 2. The minimum atomic E-state index is -1.00. The van der Waals surface area contributed by atoms with Crippen LogP contribution in [0, 0.1) is 0 Å². The molecule has 0 bridgehead atoms. The minimum Gasteiger partial charge on any atom is -0.340 e. The van der Waals surface area contributed by atoms with Crippen molar-refractivity contribution >= 4 is 21.9 Å². The van der Waals surface area contributed by atoms with Crippen LogP contribution in [-0.4, -0.2) is 33.7 Å². The van der Waals surface area contributed by atoms with Crippen LogP contribution in [0.3, 0.4) is 0 Å². The lowest BCUT2D eigenvalue weighted by atomic mass is 10.1. The van der Waals surface area contributed by atoms with Crippen molar-refractivity contribution in [3.63, 3.8) is 0 Å². The van der Waals surface area contributed by atoms with Crippen molar-refractivity contribution in [1.82, 2.24) is 14.2 Å². The van der Waals surface area contributed by atoms with Crippen molar-refractivity contribution in [2.75, 3.05) is 20.6 Å². The molecule has 0 saturated carbocycles. The third-order valence-corrected chi connectivity index (χ3v) is 6.12. The second-order valence-electron chi connectivity index (χ2n) is 6.83. The van der Waals surface area contributed by atoms with Crippen LogP contribution in [0.2, 0.25) is 0 Å². The topological polar surface area (TPSA) is 37.3 Å². The first-order valence-corrected chi connectivity index (χ1v) is 11.0. The van der Waals surface area contributed by atoms with Gasteiger partial charge in [-0.3, -0.25) is 0 Å². The predicted molar refractivity (Wildman–Crippen MR) is 123 cm³/mol. The summed E-state index contributed by atoms with van der Waals surface area (Å²) >= 11 is 0. The third-order valence-electron chi connectivity index (χ3n) is 4.68. The molecule has 1 unspecified atom stereocenters. The van der Waals surface area contributed by atoms with E-state index in [1.165, 1.54) is 22.2 Å². The molecule has 28 heavy (non-hydrogen) atoms. The second-order valence-corrected chi connectivity index (χ2v) is 8.53. The highest BCUT2D eigenvalue weighted by Crippen LogP contribution is 2.28. The van der Waals surface area contributed by atoms with E-state index in [1.807, 2.05) is 31.2 Å². The molecule has 3 rings (SSSR count). The number of para-hydroxylation sites is 1. The summed E-state index contributed by atoms with van der Waals surface area (Å²) in [5.74, 6) is 0. The van der Waals surface area contributed by atoms with Crippen LogP contribution in [0.4, 0.5) is 0 Å². The van der Waals surface area contributed by atoms with Crippen molar-refractivity contribution in [3.8, 4) is 0 Å². The van der Waals surface area contributed by atoms with Crippen molar-refractivity contribution in [2.45, 2.75) is 39.8 Å². The fourth-order valence-corrected chi connectivity index (χ4v) is 4.20. The van der Waals surface area contributed by atoms with Crippen molar-refractivity contribution in [3.05, 3.63) is 71.3 Å². The van der Waals surface area contributed by atoms with Crippen LogP contribution in [0.15, 0.2) is 60.1 Å². The van der Waals surface area contributed by atoms with Crippen molar-refractivity contribution in [2.24, 2.45) is 0 Å². The van der Waals surface area contributed by atoms with Gasteiger partial charge in [0.15, 0.2) is 0 Å². The molecule has 1 aromatic carbocycles. The van der Waals surface area contributed by atoms with E-state index in [1.54, 1.807) is 18.4 Å². The maximum absolute atomic E-state index is 11.5. The first kappa shape index (κ1) is 22.3. The van der Waals surface area contributed by atoms with Gasteiger partial charge in [0.2, 0.25) is 0 Å². The SMILES string of the molecule is C/C=C(\C=C/CC)S(=O)N(C)C.C=CCn1c2c(c3ccccc31)CNCC2. The number of fused-ring (bicyclic) bond motifs is 3. The van der Waals surface area contributed by atoms with E-state index in [2.05, 4.69) is 47.7 Å². The van der Waals surface area contributed by atoms with E-state index in [0.29, 0.717) is 0 Å². The number of rotatable bonds is 6. The van der Waals surface area contributed by atoms with Crippen LogP contribution in [0.5, 0.6) is 0 Å². The first-order chi connectivity index (χ1) is 13.5. The molecule has 4 nitrogen and oxygen atoms in total. The van der Waals surface area contributed by atoms with Gasteiger partial charge in [-0.25, -0.2) is 8.51 Å². The molecule has 1 N–H and O–H groups in total. The van der Waals surface area contributed by atoms with Gasteiger partial charge in [0.25, 0.3) is 0 Å². The van der Waals surface area contributed by atoms with Gasteiger partial charge in [0.1, 0.15) is 11.0 Å². The molecular weight excluding hydrogens is 366 g/mol. The Hall–Kier alpha value is -1.95. The molecule has 1 aliphatic rings. The Labute approximate surface area is 172 Å². The van der Waals surface area contributed by atoms with Crippen LogP contribution < -0.4 is 5.32 Å². The smallest absolute Gasteiger partial charge is 0.126 e. The van der Waals surface area contributed by atoms with Crippen LogP contribution in [0.1, 0.15) is 31.5 Å². The summed E-state index contributed by atoms with van der Waals surface area (Å²) in [6, 6.07) is 8.66. The molecule has 0 radical (unpaired) electrons. The van der Waals surface area contributed by atoms with E-state index < -0.39 is 11.0 Å². The van der Waals surface area contributed by atoms with Gasteiger partial charge < -0.3 is 9.88 Å². The number of benzene rings is 1. The molecule has 1 aliphatic heterocycles. The van der Waals surface area contributed by atoms with E-state index in [-0.39, 0.29) is 0 Å². The highest BCUT2D eigenvalue weighted by atomic mass is 32.2. The van der Waals surface area contributed by atoms with E-state index in [0.717, 1.165) is 37.4 Å². The molecule has 2 heterocycles. The fraction of sp³-hybridized carbons (Fsp3) is 0.391. The highest BCUT2D eigenvalue weighted by Gasteiger charge is 2.18. The number of allylic oxidation sites excluding steroid dienone is 4. The maximum atomic E-state index is 11.5. The predicted octanol–water partition coefficient (Wildman–Crippen LogP) is 4.55. The Balaban J connectivity index is 0.000000211. The molecule has 0 fully saturated rings. The Kier molecular flexibility index (Phi) is 8.90. The van der Waals surface area contributed by atoms with E-state index in [4.69, 9.17) is 0 Å². The van der Waals surface area contributed by atoms with Crippen LogP contribution >= 0.6 is 0 Å². The number of nitrogens with one attached hydrogen (secondary N) is 1. The lowest BCUT2D eigenvalue weighted by Gasteiger charge is -2.16. The molecule has 1 atom stereocenters. The van der Waals surface area contributed by atoms with Gasteiger partial charge in [0.05, 0.1) is 0 Å². The van der Waals surface area contributed by atoms with Gasteiger partial charge in [-0.2, -0.15) is 0 Å². The standard InChI is InChI=1S/C14H16N2.C9H17NOS/c1-2-9-16-13-6-4-3-5-11(13)12-10-15-8-7-14(12)16;1-5-7-8-9(6-2)12(11)10(3)4/h2-6,15H,1,7-10H2;6-8H,5H2,1-4H3/b;8-7-,9-6+. The first-order valence-electron chi connectivity index (χ1n) is 9.87. The Morgan fingerprint density at radius 1 is 1.36 bits per heavy atom. The maximum Gasteiger partial charge on any atom is 0.126 e. The quantitative estimate of drug-likeness (QED) is 0.571. The summed E-state index contributed by atoms with van der Waals surface area (Å²) in [7, 11) is 2.61. The normalized spacial score (nSPS) is 15.4. The molecule has 0 amide bonds. The monoisotopic (exact) mass is 399 g/mol. The molecule has 0 spiro atoms. The summed E-state index contributed by atoms with van der Waals surface area (Å²) < 4.78 is 15.6. The van der Waals surface area contributed by atoms with Gasteiger partial charge >= 0.3 is 0 Å². The average Bonchev–Trinajstić information content (AvgIpc) is 3.03. The van der Waals surface area contributed by atoms with Gasteiger partial charge in [-0.05, 0) is 45.1 Å². The van der Waals surface area contributed by atoms with Crippen LogP contribution in [-0.2, 0) is 30.5 Å². The zero-order chi connectivity index (χ0) is 20.5. The summed E-state index contributed by atoms with van der Waals surface area (Å²) in [5.41, 5.74) is 4.31. The third kappa shape index (κ3) is 5.31. The van der Waals surface area contributed by atoms with Gasteiger partial charge in [-0.15, -0.1) is 6.58 Å². The number of hydrogen-bond donors (Lipinski definition) is 1. The molecule has 5 heteroatoms. The molecule has 0 saturated heterocycles. The van der Waals surface area contributed by atoms with Gasteiger partial charge in [-0.1, -0.05) is 43.4 Å². The molecule has 0 aliphatic carbocycles. The summed E-state index contributed by atoms with van der Waals surface area (Å²) in [5, 5.41) is 4.84. The Morgan fingerprint density at radius 3 is 2.75 bits per heavy atom. The van der Waals surface area contributed by atoms with Crippen LogP contribution in [0.25, 0.3) is 10.9 Å². The lowest BCUT2D eigenvalue weighted by molar-refractivity contribution is 0.609. The Bertz CT molecular complexity index is 877. The molecule has 152 valence electrons. The summed E-state index contributed by atoms with van der Waals surface area (Å²) in [6.45, 7) is 10.8. The average molecular weight is 400 g/mol. The number of hydrogen-bond acceptors (Lipinski definition) is 2. The lowest BCUT2D eigenvalue weighted by Crippen LogP contribution is -2.24. The largest absolute Gasteiger partial charge is 0.340 e. The molecular formula is C23H33N3OS. The molecule has 1 aromatic heterocycles. The van der Waals surface area contributed by atoms with Crippen molar-refractivity contribution in [1.29, 1.82) is 0 Å². The van der Waals surface area contributed by atoms with E-state index in [9.17, 15) is 4.21 Å². The fourth-order valence-electron chi connectivity index (χ4n) is 3.37.